The van der Waals surface area contributed by atoms with Crippen molar-refractivity contribution in [3.05, 3.63) is 0 Å². The summed E-state index contributed by atoms with van der Waals surface area (Å²) < 4.78 is 23.3. The lowest BCUT2D eigenvalue weighted by atomic mass is 10.1. The minimum Gasteiger partial charge on any atom is -0.294 e. The molecule has 1 aliphatic rings. The van der Waals surface area contributed by atoms with Gasteiger partial charge in [-0.2, -0.15) is 0 Å². The Labute approximate surface area is 75.6 Å². The molecule has 12 heavy (non-hydrogen) atoms. The lowest BCUT2D eigenvalue weighted by Gasteiger charge is -2.41. The Balaban J connectivity index is 2.57. The van der Waals surface area contributed by atoms with Crippen molar-refractivity contribution in [3.8, 4) is 0 Å². The Kier molecular flexibility index (Phi) is 3.23. The maximum absolute atomic E-state index is 12.1. The van der Waals surface area contributed by atoms with Crippen LogP contribution >= 0.6 is 0 Å². The molecule has 0 radical (unpaired) electrons. The first-order chi connectivity index (χ1) is 5.56. The van der Waals surface area contributed by atoms with Crippen LogP contribution in [0.4, 0.5) is 4.39 Å². The second kappa shape index (κ2) is 3.83. The largest absolute Gasteiger partial charge is 0.294 e. The Morgan fingerprint density at radius 1 is 1.58 bits per heavy atom. The Hall–Kier alpha value is 0.0400. The molecule has 4 heteroatoms. The topological polar surface area (TPSA) is 20.3 Å². The third-order valence-corrected chi connectivity index (χ3v) is 3.98. The predicted molar refractivity (Wildman–Crippen MR) is 49.5 cm³/mol. The highest BCUT2D eigenvalue weighted by Crippen LogP contribution is 2.19. The average Bonchev–Trinajstić information content (AvgIpc) is 1.94. The summed E-state index contributed by atoms with van der Waals surface area (Å²) in [5.74, 6) is 1.37. The van der Waals surface area contributed by atoms with Crippen molar-refractivity contribution in [2.75, 3.05) is 31.3 Å². The summed E-state index contributed by atoms with van der Waals surface area (Å²) in [5, 5.41) is 0. The van der Waals surface area contributed by atoms with E-state index in [1.807, 2.05) is 13.8 Å². The molecular formula is C8H16FNOS. The standard InChI is InChI=1S/C8H16FNOS/c1-8(2)7-12(11)6-5-10(8)4-3-9/h3-7H2,1-2H3. The van der Waals surface area contributed by atoms with Crippen molar-refractivity contribution in [3.63, 3.8) is 0 Å². The van der Waals surface area contributed by atoms with Crippen LogP contribution in [0.5, 0.6) is 0 Å². The van der Waals surface area contributed by atoms with Gasteiger partial charge in [0.15, 0.2) is 0 Å². The molecule has 0 aromatic rings. The van der Waals surface area contributed by atoms with Gasteiger partial charge in [-0.3, -0.25) is 9.11 Å². The maximum Gasteiger partial charge on any atom is 0.102 e. The van der Waals surface area contributed by atoms with E-state index in [1.165, 1.54) is 0 Å². The van der Waals surface area contributed by atoms with Crippen molar-refractivity contribution in [2.24, 2.45) is 0 Å². The highest BCUT2D eigenvalue weighted by atomic mass is 32.2. The van der Waals surface area contributed by atoms with Gasteiger partial charge >= 0.3 is 0 Å². The fourth-order valence-electron chi connectivity index (χ4n) is 1.59. The highest BCUT2D eigenvalue weighted by Gasteiger charge is 2.32. The molecule has 0 amide bonds. The van der Waals surface area contributed by atoms with Crippen LogP contribution < -0.4 is 0 Å². The summed E-state index contributed by atoms with van der Waals surface area (Å²) in [6, 6.07) is 0. The Morgan fingerprint density at radius 3 is 2.75 bits per heavy atom. The molecule has 1 unspecified atom stereocenters. The van der Waals surface area contributed by atoms with Gasteiger partial charge in [0.05, 0.1) is 0 Å². The van der Waals surface area contributed by atoms with Crippen molar-refractivity contribution in [1.29, 1.82) is 0 Å². The van der Waals surface area contributed by atoms with Crippen LogP contribution in [0.2, 0.25) is 0 Å². The molecule has 0 aliphatic carbocycles. The Bertz CT molecular complexity index is 184. The first-order valence-corrected chi connectivity index (χ1v) is 5.71. The van der Waals surface area contributed by atoms with E-state index in [4.69, 9.17) is 0 Å². The summed E-state index contributed by atoms with van der Waals surface area (Å²) in [5.41, 5.74) is -0.0881. The first kappa shape index (κ1) is 10.1. The van der Waals surface area contributed by atoms with E-state index in [2.05, 4.69) is 4.90 Å². The molecule has 0 aromatic heterocycles. The van der Waals surface area contributed by atoms with E-state index in [0.717, 1.165) is 6.54 Å². The molecule has 1 atom stereocenters. The molecule has 0 N–H and O–H groups in total. The van der Waals surface area contributed by atoms with E-state index in [1.54, 1.807) is 0 Å². The third kappa shape index (κ3) is 2.26. The summed E-state index contributed by atoms with van der Waals surface area (Å²) in [4.78, 5) is 2.08. The normalized spacial score (nSPS) is 30.4. The minimum absolute atomic E-state index is 0.0881. The molecule has 1 saturated heterocycles. The fraction of sp³-hybridized carbons (Fsp3) is 1.00. The van der Waals surface area contributed by atoms with E-state index < -0.39 is 10.8 Å². The van der Waals surface area contributed by atoms with Crippen LogP contribution in [-0.4, -0.2) is 45.9 Å². The predicted octanol–water partition coefficient (Wildman–Crippen LogP) is 0.799. The van der Waals surface area contributed by atoms with Crippen LogP contribution in [0.25, 0.3) is 0 Å². The number of rotatable bonds is 2. The van der Waals surface area contributed by atoms with Crippen molar-refractivity contribution in [2.45, 2.75) is 19.4 Å². The zero-order valence-electron chi connectivity index (χ0n) is 7.68. The molecule has 1 rings (SSSR count). The minimum atomic E-state index is -0.698. The quantitative estimate of drug-likeness (QED) is 0.646. The Morgan fingerprint density at radius 2 is 2.25 bits per heavy atom. The smallest absolute Gasteiger partial charge is 0.102 e. The SMILES string of the molecule is CC1(C)CS(=O)CCN1CCF. The molecule has 2 nitrogen and oxygen atoms in total. The van der Waals surface area contributed by atoms with Gasteiger partial charge in [0, 0.05) is 40.9 Å². The number of alkyl halides is 1. The van der Waals surface area contributed by atoms with Crippen LogP contribution in [0.1, 0.15) is 13.8 Å². The van der Waals surface area contributed by atoms with Gasteiger partial charge in [0.25, 0.3) is 0 Å². The van der Waals surface area contributed by atoms with E-state index >= 15 is 0 Å². The molecule has 1 aliphatic heterocycles. The number of halogens is 1. The number of nitrogens with zero attached hydrogens (tertiary/aromatic N) is 1. The molecule has 0 spiro atoms. The van der Waals surface area contributed by atoms with E-state index in [9.17, 15) is 8.60 Å². The summed E-state index contributed by atoms with van der Waals surface area (Å²) in [6.07, 6.45) is 0. The summed E-state index contributed by atoms with van der Waals surface area (Å²) >= 11 is 0. The molecule has 0 aromatic carbocycles. The van der Waals surface area contributed by atoms with Crippen LogP contribution in [0.3, 0.4) is 0 Å². The molecule has 1 fully saturated rings. The van der Waals surface area contributed by atoms with Gasteiger partial charge in [-0.25, -0.2) is 4.39 Å². The highest BCUT2D eigenvalue weighted by molar-refractivity contribution is 7.85. The van der Waals surface area contributed by atoms with Gasteiger partial charge in [0.2, 0.25) is 0 Å². The lowest BCUT2D eigenvalue weighted by Crippen LogP contribution is -2.54. The summed E-state index contributed by atoms with van der Waals surface area (Å²) in [6.45, 7) is 4.99. The lowest BCUT2D eigenvalue weighted by molar-refractivity contribution is 0.131. The van der Waals surface area contributed by atoms with Crippen molar-refractivity contribution < 1.29 is 8.60 Å². The zero-order chi connectivity index (χ0) is 9.19. The van der Waals surface area contributed by atoms with Crippen LogP contribution in [-0.2, 0) is 10.8 Å². The molecular weight excluding hydrogens is 177 g/mol. The molecule has 1 heterocycles. The average molecular weight is 193 g/mol. The van der Waals surface area contributed by atoms with Gasteiger partial charge in [-0.1, -0.05) is 0 Å². The summed E-state index contributed by atoms with van der Waals surface area (Å²) in [7, 11) is -0.698. The third-order valence-electron chi connectivity index (χ3n) is 2.31. The molecule has 0 saturated carbocycles. The number of hydrogen-bond donors (Lipinski definition) is 0. The fourth-order valence-corrected chi connectivity index (χ4v) is 3.13. The first-order valence-electron chi connectivity index (χ1n) is 4.22. The van der Waals surface area contributed by atoms with E-state index in [0.29, 0.717) is 18.1 Å². The second-order valence-corrected chi connectivity index (χ2v) is 5.35. The van der Waals surface area contributed by atoms with Crippen LogP contribution in [0.15, 0.2) is 0 Å². The second-order valence-electron chi connectivity index (χ2n) is 3.78. The van der Waals surface area contributed by atoms with Gasteiger partial charge in [0.1, 0.15) is 6.67 Å². The van der Waals surface area contributed by atoms with Crippen molar-refractivity contribution in [1.82, 2.24) is 4.90 Å². The van der Waals surface area contributed by atoms with Gasteiger partial charge < -0.3 is 0 Å². The maximum atomic E-state index is 12.1. The van der Waals surface area contributed by atoms with E-state index in [-0.39, 0.29) is 12.2 Å². The monoisotopic (exact) mass is 193 g/mol. The van der Waals surface area contributed by atoms with Crippen LogP contribution in [0, 0.1) is 0 Å². The zero-order valence-corrected chi connectivity index (χ0v) is 8.49. The van der Waals surface area contributed by atoms with Gasteiger partial charge in [-0.05, 0) is 13.8 Å². The van der Waals surface area contributed by atoms with Crippen molar-refractivity contribution >= 4 is 10.8 Å². The van der Waals surface area contributed by atoms with Gasteiger partial charge in [-0.15, -0.1) is 0 Å². The molecule has 72 valence electrons. The number of hydrogen-bond acceptors (Lipinski definition) is 2. The molecule has 0 bridgehead atoms.